The van der Waals surface area contributed by atoms with Crippen LogP contribution in [0.25, 0.3) is 0 Å². The molecule has 0 aromatic carbocycles. The van der Waals surface area contributed by atoms with Crippen LogP contribution in [0.5, 0.6) is 0 Å². The van der Waals surface area contributed by atoms with Crippen molar-refractivity contribution in [1.29, 1.82) is 0 Å². The highest BCUT2D eigenvalue weighted by atomic mass is 15.3. The molecule has 0 aliphatic heterocycles. The molecule has 0 saturated carbocycles. The van der Waals surface area contributed by atoms with Gasteiger partial charge in [0.2, 0.25) is 0 Å². The molecule has 1 aromatic heterocycles. The molecule has 0 spiro atoms. The number of hydrogen-bond donors (Lipinski definition) is 0. The third kappa shape index (κ3) is 1.99. The molecule has 1 heterocycles. The molecule has 14 heavy (non-hydrogen) atoms. The summed E-state index contributed by atoms with van der Waals surface area (Å²) in [6.45, 7) is 9.37. The first-order valence-electron chi connectivity index (χ1n) is 5.88. The molecule has 0 N–H and O–H groups in total. The molecule has 1 aliphatic carbocycles. The van der Waals surface area contributed by atoms with Gasteiger partial charge < -0.3 is 0 Å². The van der Waals surface area contributed by atoms with E-state index in [0.29, 0.717) is 0 Å². The van der Waals surface area contributed by atoms with Crippen LogP contribution in [0.2, 0.25) is 0 Å². The van der Waals surface area contributed by atoms with Gasteiger partial charge in [0, 0.05) is 12.2 Å². The van der Waals surface area contributed by atoms with E-state index in [9.17, 15) is 0 Å². The van der Waals surface area contributed by atoms with Gasteiger partial charge in [-0.1, -0.05) is 13.8 Å². The van der Waals surface area contributed by atoms with Crippen LogP contribution >= 0.6 is 0 Å². The summed E-state index contributed by atoms with van der Waals surface area (Å²) in [7, 11) is 0. The lowest BCUT2D eigenvalue weighted by molar-refractivity contribution is 0.622. The Bertz CT molecular complexity index is 287. The Balaban J connectivity index is 0.000000461. The second-order valence-electron chi connectivity index (χ2n) is 3.53. The molecule has 0 bridgehead atoms. The maximum absolute atomic E-state index is 4.59. The predicted octanol–water partition coefficient (Wildman–Crippen LogP) is 3.12. The zero-order valence-corrected chi connectivity index (χ0v) is 9.93. The number of nitrogens with zero attached hydrogens (tertiary/aromatic N) is 2. The zero-order chi connectivity index (χ0) is 10.6. The molecule has 0 saturated heterocycles. The lowest BCUT2D eigenvalue weighted by Gasteiger charge is -2.08. The van der Waals surface area contributed by atoms with Crippen molar-refractivity contribution >= 4 is 0 Å². The van der Waals surface area contributed by atoms with Gasteiger partial charge in [0.15, 0.2) is 0 Å². The molecule has 0 fully saturated rings. The van der Waals surface area contributed by atoms with Gasteiger partial charge in [0.25, 0.3) is 0 Å². The fourth-order valence-electron chi connectivity index (χ4n) is 2.07. The van der Waals surface area contributed by atoms with E-state index in [2.05, 4.69) is 23.6 Å². The van der Waals surface area contributed by atoms with Crippen molar-refractivity contribution in [3.8, 4) is 0 Å². The highest BCUT2D eigenvalue weighted by molar-refractivity contribution is 5.27. The molecular formula is C12H22N2. The van der Waals surface area contributed by atoms with Gasteiger partial charge in [-0.15, -0.1) is 0 Å². The van der Waals surface area contributed by atoms with Gasteiger partial charge in [-0.25, -0.2) is 0 Å². The minimum Gasteiger partial charge on any atom is -0.270 e. The number of fused-ring (bicyclic) bond motifs is 1. The maximum Gasteiger partial charge on any atom is 0.0659 e. The fourth-order valence-corrected chi connectivity index (χ4v) is 2.07. The third-order valence-electron chi connectivity index (χ3n) is 2.80. The van der Waals surface area contributed by atoms with Crippen LogP contribution in [0.15, 0.2) is 0 Å². The summed E-state index contributed by atoms with van der Waals surface area (Å²) in [5, 5.41) is 4.59. The van der Waals surface area contributed by atoms with Gasteiger partial charge in [0.05, 0.1) is 5.69 Å². The van der Waals surface area contributed by atoms with E-state index in [-0.39, 0.29) is 0 Å². The van der Waals surface area contributed by atoms with Crippen LogP contribution in [0.4, 0.5) is 0 Å². The Morgan fingerprint density at radius 2 is 1.86 bits per heavy atom. The highest BCUT2D eigenvalue weighted by Gasteiger charge is 2.16. The Kier molecular flexibility index (Phi) is 4.18. The summed E-state index contributed by atoms with van der Waals surface area (Å²) >= 11 is 0. The molecule has 1 aliphatic rings. The molecule has 0 amide bonds. The van der Waals surface area contributed by atoms with Gasteiger partial charge in [-0.3, -0.25) is 4.68 Å². The van der Waals surface area contributed by atoms with Crippen LogP contribution in [0.3, 0.4) is 0 Å². The van der Waals surface area contributed by atoms with Gasteiger partial charge in [0.1, 0.15) is 0 Å². The molecule has 0 radical (unpaired) electrons. The van der Waals surface area contributed by atoms with Crippen LogP contribution < -0.4 is 0 Å². The average molecular weight is 194 g/mol. The average Bonchev–Trinajstić information content (AvgIpc) is 2.59. The minimum atomic E-state index is 1.01. The molecular weight excluding hydrogens is 172 g/mol. The largest absolute Gasteiger partial charge is 0.270 e. The molecule has 0 unspecified atom stereocenters. The summed E-state index contributed by atoms with van der Waals surface area (Å²) in [4.78, 5) is 0. The molecule has 2 nitrogen and oxygen atoms in total. The van der Waals surface area contributed by atoms with Crippen molar-refractivity contribution in [2.24, 2.45) is 0 Å². The Morgan fingerprint density at radius 1 is 1.21 bits per heavy atom. The Labute approximate surface area is 87.3 Å². The number of hydrogen-bond acceptors (Lipinski definition) is 1. The second kappa shape index (κ2) is 5.18. The SMILES string of the molecule is CC.CCn1nc2c(c1C)CCCC2. The van der Waals surface area contributed by atoms with Crippen LogP contribution in [-0.2, 0) is 19.4 Å². The second-order valence-corrected chi connectivity index (χ2v) is 3.53. The topological polar surface area (TPSA) is 17.8 Å². The fraction of sp³-hybridized carbons (Fsp3) is 0.750. The van der Waals surface area contributed by atoms with Crippen LogP contribution in [0, 0.1) is 6.92 Å². The van der Waals surface area contributed by atoms with Gasteiger partial charge in [-0.2, -0.15) is 5.10 Å². The van der Waals surface area contributed by atoms with Crippen molar-refractivity contribution in [1.82, 2.24) is 9.78 Å². The molecule has 80 valence electrons. The summed E-state index contributed by atoms with van der Waals surface area (Å²) in [6.07, 6.45) is 5.13. The van der Waals surface area contributed by atoms with Crippen molar-refractivity contribution in [2.45, 2.75) is 59.9 Å². The summed E-state index contributed by atoms with van der Waals surface area (Å²) < 4.78 is 2.13. The molecule has 0 atom stereocenters. The Hall–Kier alpha value is -0.790. The highest BCUT2D eigenvalue weighted by Crippen LogP contribution is 2.23. The normalized spacial score (nSPS) is 14.3. The lowest BCUT2D eigenvalue weighted by Crippen LogP contribution is -2.00. The Morgan fingerprint density at radius 3 is 2.43 bits per heavy atom. The summed E-state index contributed by atoms with van der Waals surface area (Å²) in [5.41, 5.74) is 4.29. The zero-order valence-electron chi connectivity index (χ0n) is 9.93. The first-order chi connectivity index (χ1) is 6.83. The summed E-state index contributed by atoms with van der Waals surface area (Å²) in [6, 6.07) is 0. The molecule has 1 aromatic rings. The first kappa shape index (κ1) is 11.3. The molecule has 2 heteroatoms. The predicted molar refractivity (Wildman–Crippen MR) is 60.6 cm³/mol. The van der Waals surface area contributed by atoms with Crippen molar-refractivity contribution in [2.75, 3.05) is 0 Å². The number of rotatable bonds is 1. The molecule has 2 rings (SSSR count). The number of aromatic nitrogens is 2. The van der Waals surface area contributed by atoms with E-state index < -0.39 is 0 Å². The first-order valence-corrected chi connectivity index (χ1v) is 5.88. The standard InChI is InChI=1S/C10H16N2.C2H6/c1-3-12-8(2)9-6-4-5-7-10(9)11-12;1-2/h3-7H2,1-2H3;1-2H3. The van der Waals surface area contributed by atoms with E-state index in [4.69, 9.17) is 0 Å². The van der Waals surface area contributed by atoms with Gasteiger partial charge >= 0.3 is 0 Å². The third-order valence-corrected chi connectivity index (χ3v) is 2.80. The van der Waals surface area contributed by atoms with E-state index in [1.165, 1.54) is 42.6 Å². The van der Waals surface area contributed by atoms with Gasteiger partial charge in [-0.05, 0) is 45.1 Å². The van der Waals surface area contributed by atoms with Crippen molar-refractivity contribution in [3.63, 3.8) is 0 Å². The van der Waals surface area contributed by atoms with E-state index in [1.807, 2.05) is 13.8 Å². The monoisotopic (exact) mass is 194 g/mol. The van der Waals surface area contributed by atoms with Crippen LogP contribution in [0.1, 0.15) is 50.6 Å². The quantitative estimate of drug-likeness (QED) is 0.671. The smallest absolute Gasteiger partial charge is 0.0659 e. The lowest BCUT2D eigenvalue weighted by atomic mass is 9.96. The maximum atomic E-state index is 4.59. The summed E-state index contributed by atoms with van der Waals surface area (Å²) in [5.74, 6) is 0. The van der Waals surface area contributed by atoms with Crippen LogP contribution in [-0.4, -0.2) is 9.78 Å². The number of aryl methyl sites for hydroxylation is 2. The minimum absolute atomic E-state index is 1.01. The van der Waals surface area contributed by atoms with E-state index in [0.717, 1.165) is 6.54 Å². The van der Waals surface area contributed by atoms with Crippen molar-refractivity contribution in [3.05, 3.63) is 17.0 Å². The van der Waals surface area contributed by atoms with Crippen molar-refractivity contribution < 1.29 is 0 Å². The van der Waals surface area contributed by atoms with E-state index in [1.54, 1.807) is 0 Å². The van der Waals surface area contributed by atoms with E-state index >= 15 is 0 Å².